The Morgan fingerprint density at radius 2 is 1.03 bits per heavy atom. The molecule has 0 amide bonds. The molecule has 0 aromatic heterocycles. The summed E-state index contributed by atoms with van der Waals surface area (Å²) in [5, 5.41) is 3.11. The second kappa shape index (κ2) is 21.0. The molecule has 4 rings (SSSR count). The Morgan fingerprint density at radius 3 is 1.36 bits per heavy atom. The van der Waals surface area contributed by atoms with E-state index in [0.29, 0.717) is 0 Å². The molecule has 0 saturated heterocycles. The fourth-order valence-corrected chi connectivity index (χ4v) is 8.17. The van der Waals surface area contributed by atoms with Crippen molar-refractivity contribution >= 4 is 18.5 Å². The Balaban J connectivity index is 0.000000794. The van der Waals surface area contributed by atoms with Gasteiger partial charge in [-0.1, -0.05) is 136 Å². The predicted molar refractivity (Wildman–Crippen MR) is 149 cm³/mol. The molecule has 36 heavy (non-hydrogen) atoms. The van der Waals surface area contributed by atoms with E-state index in [9.17, 15) is 0 Å². The van der Waals surface area contributed by atoms with Gasteiger partial charge in [0.15, 0.2) is 0 Å². The molecule has 1 fully saturated rings. The SMILES string of the molecule is C1=C\C=C/C=C\C=C/1.CC(C)[C@@H]1CC[C@@H](C)C[C@@H]1P(c1ccccc1)c1ccccc1.[C-]#[O+].[C-]#[O+].[Fe]. The van der Waals surface area contributed by atoms with E-state index >= 15 is 0 Å². The van der Waals surface area contributed by atoms with Gasteiger partial charge in [0.05, 0.1) is 0 Å². The molecule has 1 saturated carbocycles. The number of benzene rings is 2. The van der Waals surface area contributed by atoms with Gasteiger partial charge >= 0.3 is 22.6 Å². The van der Waals surface area contributed by atoms with Crippen LogP contribution in [-0.2, 0) is 26.4 Å². The molecule has 0 unspecified atom stereocenters. The van der Waals surface area contributed by atoms with Crippen LogP contribution in [0.4, 0.5) is 0 Å². The molecule has 2 aromatic rings. The second-order valence-electron chi connectivity index (χ2n) is 8.97. The summed E-state index contributed by atoms with van der Waals surface area (Å²) >= 11 is 0. The molecule has 0 aliphatic heterocycles. The minimum Gasteiger partial charge on any atom is 0 e. The number of rotatable bonds is 4. The van der Waals surface area contributed by atoms with Crippen LogP contribution in [0, 0.1) is 31.1 Å². The van der Waals surface area contributed by atoms with E-state index in [1.165, 1.54) is 19.3 Å². The van der Waals surface area contributed by atoms with Crippen molar-refractivity contribution in [2.24, 2.45) is 17.8 Å². The zero-order valence-electron chi connectivity index (χ0n) is 21.4. The van der Waals surface area contributed by atoms with Crippen molar-refractivity contribution in [3.8, 4) is 0 Å². The Morgan fingerprint density at radius 1 is 0.667 bits per heavy atom. The minimum absolute atomic E-state index is 0. The van der Waals surface area contributed by atoms with Gasteiger partial charge in [0.1, 0.15) is 0 Å². The van der Waals surface area contributed by atoms with Gasteiger partial charge in [0.25, 0.3) is 0 Å². The van der Waals surface area contributed by atoms with Crippen molar-refractivity contribution in [3.05, 3.63) is 123 Å². The summed E-state index contributed by atoms with van der Waals surface area (Å²) in [5.41, 5.74) is 0.818. The molecular weight excluding hydrogens is 503 g/mol. The fraction of sp³-hybridized carbons (Fsp3) is 0.312. The summed E-state index contributed by atoms with van der Waals surface area (Å²) in [6.07, 6.45) is 20.2. The van der Waals surface area contributed by atoms with Gasteiger partial charge in [-0.2, -0.15) is 0 Å². The van der Waals surface area contributed by atoms with Crippen LogP contribution in [0.1, 0.15) is 40.0 Å². The average Bonchev–Trinajstić information content (AvgIpc) is 2.88. The van der Waals surface area contributed by atoms with E-state index in [0.717, 1.165) is 23.4 Å². The Kier molecular flexibility index (Phi) is 19.7. The summed E-state index contributed by atoms with van der Waals surface area (Å²) in [6.45, 7) is 16.3. The van der Waals surface area contributed by atoms with Crippen molar-refractivity contribution in [3.63, 3.8) is 0 Å². The monoisotopic (exact) mass is 540 g/mol. The third-order valence-corrected chi connectivity index (χ3v) is 9.24. The molecule has 0 bridgehead atoms. The fourth-order valence-electron chi connectivity index (χ4n) is 4.67. The minimum atomic E-state index is -0.267. The van der Waals surface area contributed by atoms with E-state index in [1.807, 2.05) is 48.6 Å². The van der Waals surface area contributed by atoms with Crippen molar-refractivity contribution in [2.75, 3.05) is 0 Å². The first-order valence-electron chi connectivity index (χ1n) is 12.1. The number of hydrogen-bond acceptors (Lipinski definition) is 0. The van der Waals surface area contributed by atoms with E-state index in [4.69, 9.17) is 9.30 Å². The largest absolute Gasteiger partial charge is 0 e. The van der Waals surface area contributed by atoms with E-state index in [1.54, 1.807) is 10.6 Å². The van der Waals surface area contributed by atoms with Crippen LogP contribution in [0.25, 0.3) is 0 Å². The smallest absolute Gasteiger partial charge is 0 e. The first-order chi connectivity index (χ1) is 17.2. The molecule has 2 aliphatic rings. The molecule has 0 radical (unpaired) electrons. The Labute approximate surface area is 230 Å². The first kappa shape index (κ1) is 33.8. The van der Waals surface area contributed by atoms with Crippen molar-refractivity contribution in [1.82, 2.24) is 0 Å². The van der Waals surface area contributed by atoms with Crippen molar-refractivity contribution < 1.29 is 26.4 Å². The van der Waals surface area contributed by atoms with Gasteiger partial charge < -0.3 is 0 Å². The number of hydrogen-bond donors (Lipinski definition) is 0. The zero-order chi connectivity index (χ0) is 25.9. The van der Waals surface area contributed by atoms with Gasteiger partial charge in [-0.25, -0.2) is 0 Å². The van der Waals surface area contributed by atoms with Crippen LogP contribution in [-0.4, -0.2) is 5.66 Å². The van der Waals surface area contributed by atoms with Gasteiger partial charge in [0, 0.05) is 17.1 Å². The molecule has 0 heterocycles. The van der Waals surface area contributed by atoms with E-state index in [-0.39, 0.29) is 25.0 Å². The normalized spacial score (nSPS) is 23.2. The third kappa shape index (κ3) is 11.7. The van der Waals surface area contributed by atoms with Crippen molar-refractivity contribution in [1.29, 1.82) is 0 Å². The van der Waals surface area contributed by atoms with Crippen LogP contribution in [0.15, 0.2) is 109 Å². The molecule has 4 heteroatoms. The summed E-state index contributed by atoms with van der Waals surface area (Å²) in [5.74, 6) is 2.51. The maximum absolute atomic E-state index is 7.50. The number of allylic oxidation sites excluding steroid dienone is 8. The second-order valence-corrected chi connectivity index (χ2v) is 11.4. The third-order valence-electron chi connectivity index (χ3n) is 6.28. The van der Waals surface area contributed by atoms with Crippen LogP contribution in [0.3, 0.4) is 0 Å². The zero-order valence-corrected chi connectivity index (χ0v) is 23.4. The summed E-state index contributed by atoms with van der Waals surface area (Å²) in [4.78, 5) is 0. The maximum Gasteiger partial charge on any atom is 0 e. The maximum atomic E-state index is 7.50. The molecule has 2 nitrogen and oxygen atoms in total. The summed E-state index contributed by atoms with van der Waals surface area (Å²) in [6, 6.07) is 22.6. The van der Waals surface area contributed by atoms with Crippen LogP contribution in [0.2, 0.25) is 0 Å². The molecular formula is C32H37FeO2P. The van der Waals surface area contributed by atoms with Crippen molar-refractivity contribution in [2.45, 2.75) is 45.7 Å². The van der Waals surface area contributed by atoms with Crippen LogP contribution in [0.5, 0.6) is 0 Å². The first-order valence-corrected chi connectivity index (χ1v) is 13.5. The standard InChI is InChI=1S/C22H29P.C8H8.2CO.Fe/c1-17(2)21-15-14-18(3)16-22(21)23(19-10-6-4-7-11-19)20-12-8-5-9-13-20;1-2-4-6-8-7-5-3-1;2*1-2;/h4-13,17-18,21-22H,14-16H2,1-3H3;1-8H;;;/b;2-1-,3-1?,4-2?,5-3-,6-4-,7-5?,8-6?,8-7-;;;/t18-,21+,22+;;;;/m1..../s1. The molecule has 190 valence electrons. The molecule has 2 aliphatic carbocycles. The quantitative estimate of drug-likeness (QED) is 0.165. The van der Waals surface area contributed by atoms with Crippen LogP contribution >= 0.6 is 7.92 Å². The van der Waals surface area contributed by atoms with Gasteiger partial charge in [-0.05, 0) is 54.8 Å². The predicted octanol–water partition coefficient (Wildman–Crippen LogP) is 7.73. The van der Waals surface area contributed by atoms with Gasteiger partial charge in [-0.15, -0.1) is 0 Å². The summed E-state index contributed by atoms with van der Waals surface area (Å²) in [7, 11) is -0.267. The van der Waals surface area contributed by atoms with Crippen LogP contribution < -0.4 is 10.6 Å². The molecule has 2 aromatic carbocycles. The Bertz CT molecular complexity index is 873. The van der Waals surface area contributed by atoms with E-state index in [2.05, 4.69) is 94.7 Å². The van der Waals surface area contributed by atoms with Gasteiger partial charge in [-0.3, -0.25) is 0 Å². The van der Waals surface area contributed by atoms with E-state index < -0.39 is 0 Å². The topological polar surface area (TPSA) is 39.8 Å². The average molecular weight is 540 g/mol. The summed E-state index contributed by atoms with van der Waals surface area (Å²) < 4.78 is 15.0. The molecule has 0 spiro atoms. The molecule has 0 N–H and O–H groups in total. The molecule has 3 atom stereocenters. The van der Waals surface area contributed by atoms with Gasteiger partial charge in [0.2, 0.25) is 0 Å². The Hall–Kier alpha value is -2.17.